The Labute approximate surface area is 251 Å². The molecule has 5 rings (SSSR count). The number of hydrogen-bond donors (Lipinski definition) is 0. The van der Waals surface area contributed by atoms with Gasteiger partial charge in [-0.2, -0.15) is 0 Å². The van der Waals surface area contributed by atoms with Gasteiger partial charge in [-0.25, -0.2) is 9.38 Å². The lowest BCUT2D eigenvalue weighted by Crippen LogP contribution is -2.28. The average Bonchev–Trinajstić information content (AvgIpc) is 3.21. The Hall–Kier alpha value is -3.29. The number of anilines is 1. The van der Waals surface area contributed by atoms with Gasteiger partial charge >= 0.3 is 0 Å². The zero-order valence-electron chi connectivity index (χ0n) is 21.4. The first-order valence-corrected chi connectivity index (χ1v) is 14.1. The molecule has 1 fully saturated rings. The summed E-state index contributed by atoms with van der Waals surface area (Å²) in [7, 11) is 0. The molecule has 4 aromatic carbocycles. The first-order chi connectivity index (χ1) is 19.2. The zero-order chi connectivity index (χ0) is 28.4. The maximum Gasteiger partial charge on any atom is 0.271 e. The van der Waals surface area contributed by atoms with Gasteiger partial charge in [0.2, 0.25) is 0 Å². The molecule has 1 amide bonds. The maximum absolute atomic E-state index is 13.7. The topological polar surface area (TPSA) is 41.9 Å². The van der Waals surface area contributed by atoms with Crippen molar-refractivity contribution < 1.29 is 13.9 Å². The Bertz CT molecular complexity index is 1690. The molecule has 1 aliphatic rings. The van der Waals surface area contributed by atoms with Crippen LogP contribution in [0.2, 0.25) is 15.1 Å². The van der Waals surface area contributed by atoms with Crippen LogP contribution in [0.4, 0.5) is 15.8 Å². The predicted octanol–water partition coefficient (Wildman–Crippen LogP) is 9.79. The molecule has 0 unspecified atom stereocenters. The fourth-order valence-corrected chi connectivity index (χ4v) is 5.52. The van der Waals surface area contributed by atoms with Gasteiger partial charge < -0.3 is 4.74 Å². The van der Waals surface area contributed by atoms with Crippen LogP contribution in [-0.2, 0) is 11.4 Å². The Morgan fingerprint density at radius 3 is 2.35 bits per heavy atom. The van der Waals surface area contributed by atoms with Crippen molar-refractivity contribution in [2.75, 3.05) is 4.90 Å². The molecule has 0 spiro atoms. The van der Waals surface area contributed by atoms with Crippen LogP contribution in [-0.4, -0.2) is 11.1 Å². The van der Waals surface area contributed by atoms with Crippen molar-refractivity contribution in [2.45, 2.75) is 20.5 Å². The number of carbonyl (C=O) groups is 1. The lowest BCUT2D eigenvalue weighted by atomic mass is 10.2. The number of halogens is 4. The van der Waals surface area contributed by atoms with Gasteiger partial charge in [-0.3, -0.25) is 9.69 Å². The quantitative estimate of drug-likeness (QED) is 0.204. The summed E-state index contributed by atoms with van der Waals surface area (Å²) in [4.78, 5) is 20.4. The van der Waals surface area contributed by atoms with E-state index in [4.69, 9.17) is 44.5 Å². The third-order valence-electron chi connectivity index (χ3n) is 6.14. The number of thioether (sulfide) groups is 1. The Morgan fingerprint density at radius 1 is 0.900 bits per heavy atom. The molecule has 4 nitrogen and oxygen atoms in total. The number of nitrogens with zero attached hydrogens (tertiary/aromatic N) is 2. The van der Waals surface area contributed by atoms with Crippen LogP contribution >= 0.6 is 46.6 Å². The normalized spacial score (nSPS) is 15.3. The summed E-state index contributed by atoms with van der Waals surface area (Å²) < 4.78 is 19.2. The second-order valence-electron chi connectivity index (χ2n) is 9.12. The molecular weight excluding hydrogens is 590 g/mol. The number of ether oxygens (including phenoxy) is 1. The number of benzene rings is 4. The Balaban J connectivity index is 1.45. The van der Waals surface area contributed by atoms with E-state index in [2.05, 4.69) is 0 Å². The molecule has 0 saturated carbocycles. The highest BCUT2D eigenvalue weighted by Crippen LogP contribution is 2.39. The Morgan fingerprint density at radius 2 is 1.65 bits per heavy atom. The van der Waals surface area contributed by atoms with Crippen molar-refractivity contribution >= 4 is 75.1 Å². The minimum atomic E-state index is -0.330. The molecule has 1 heterocycles. The molecule has 1 aliphatic heterocycles. The molecule has 4 aromatic rings. The van der Waals surface area contributed by atoms with Gasteiger partial charge in [0.15, 0.2) is 5.17 Å². The van der Waals surface area contributed by atoms with Crippen molar-refractivity contribution in [2.24, 2.45) is 4.99 Å². The third-order valence-corrected chi connectivity index (χ3v) is 8.22. The number of hydrogen-bond acceptors (Lipinski definition) is 4. The average molecular weight is 612 g/mol. The lowest BCUT2D eigenvalue weighted by molar-refractivity contribution is -0.113. The monoisotopic (exact) mass is 610 g/mol. The first-order valence-electron chi connectivity index (χ1n) is 12.2. The number of rotatable bonds is 6. The second kappa shape index (κ2) is 12.1. The summed E-state index contributed by atoms with van der Waals surface area (Å²) in [5.41, 5.74) is 4.46. The molecule has 0 atom stereocenters. The van der Waals surface area contributed by atoms with Crippen LogP contribution in [0, 0.1) is 19.7 Å². The van der Waals surface area contributed by atoms with E-state index in [1.54, 1.807) is 48.5 Å². The van der Waals surface area contributed by atoms with Gasteiger partial charge in [-0.15, -0.1) is 0 Å². The highest BCUT2D eigenvalue weighted by Gasteiger charge is 2.35. The first kappa shape index (κ1) is 28.2. The van der Waals surface area contributed by atoms with Gasteiger partial charge in [0.25, 0.3) is 5.91 Å². The largest absolute Gasteiger partial charge is 0.487 e. The van der Waals surface area contributed by atoms with Crippen LogP contribution in [0.25, 0.3) is 6.08 Å². The summed E-state index contributed by atoms with van der Waals surface area (Å²) in [6.45, 7) is 3.98. The molecular formula is C31H22Cl3FN2O2S. The number of amides is 1. The van der Waals surface area contributed by atoms with Crippen LogP contribution in [0.1, 0.15) is 22.3 Å². The predicted molar refractivity (Wildman–Crippen MR) is 165 cm³/mol. The lowest BCUT2D eigenvalue weighted by Gasteiger charge is -2.16. The molecule has 0 N–H and O–H groups in total. The number of carbonyl (C=O) groups excluding carboxylic acids is 1. The summed E-state index contributed by atoms with van der Waals surface area (Å²) in [6, 6.07) is 22.4. The van der Waals surface area contributed by atoms with Crippen molar-refractivity contribution in [1.29, 1.82) is 0 Å². The molecule has 0 aromatic heterocycles. The van der Waals surface area contributed by atoms with E-state index in [0.717, 1.165) is 11.1 Å². The number of amidine groups is 1. The molecule has 1 saturated heterocycles. The zero-order valence-corrected chi connectivity index (χ0v) is 24.5. The van der Waals surface area contributed by atoms with E-state index >= 15 is 0 Å². The van der Waals surface area contributed by atoms with Crippen molar-refractivity contribution in [3.63, 3.8) is 0 Å². The minimum Gasteiger partial charge on any atom is -0.487 e. The highest BCUT2D eigenvalue weighted by molar-refractivity contribution is 8.19. The van der Waals surface area contributed by atoms with Crippen molar-refractivity contribution in [3.05, 3.63) is 127 Å². The molecule has 40 heavy (non-hydrogen) atoms. The van der Waals surface area contributed by atoms with E-state index in [-0.39, 0.29) is 18.3 Å². The van der Waals surface area contributed by atoms with Crippen LogP contribution < -0.4 is 9.64 Å². The van der Waals surface area contributed by atoms with Crippen molar-refractivity contribution in [1.82, 2.24) is 0 Å². The van der Waals surface area contributed by atoms with Crippen LogP contribution in [0.3, 0.4) is 0 Å². The van der Waals surface area contributed by atoms with E-state index in [1.165, 1.54) is 28.8 Å². The maximum atomic E-state index is 13.7. The van der Waals surface area contributed by atoms with E-state index in [0.29, 0.717) is 53.4 Å². The highest BCUT2D eigenvalue weighted by atomic mass is 35.5. The Kier molecular flexibility index (Phi) is 8.52. The van der Waals surface area contributed by atoms with E-state index in [1.807, 2.05) is 38.1 Å². The van der Waals surface area contributed by atoms with Gasteiger partial charge in [-0.1, -0.05) is 65.1 Å². The van der Waals surface area contributed by atoms with Crippen molar-refractivity contribution in [3.8, 4) is 5.75 Å². The number of aliphatic imine (C=N–C) groups is 1. The summed E-state index contributed by atoms with van der Waals surface area (Å²) >= 11 is 20.4. The van der Waals surface area contributed by atoms with Gasteiger partial charge in [0.05, 0.1) is 21.3 Å². The third kappa shape index (κ3) is 6.37. The summed E-state index contributed by atoms with van der Waals surface area (Å²) in [5.74, 6) is -0.124. The fourth-order valence-electron chi connectivity index (χ4n) is 3.92. The molecule has 9 heteroatoms. The second-order valence-corrected chi connectivity index (χ2v) is 11.4. The molecule has 0 bridgehead atoms. The fraction of sp³-hybridized carbons (Fsp3) is 0.0968. The molecule has 0 aliphatic carbocycles. The van der Waals surface area contributed by atoms with Crippen LogP contribution in [0.15, 0.2) is 88.8 Å². The molecule has 202 valence electrons. The SMILES string of the molecule is Cc1ccc(N=C2S/C(=C/c3ccc(OCc4cccc(F)c4)c(Cl)c3)C(=O)N2c2ccc(C)c(Cl)c2)cc1Cl. The minimum absolute atomic E-state index is 0.170. The number of aryl methyl sites for hydroxylation is 2. The standard InChI is InChI=1S/C31H22Cl3FN2O2S/c1-18-6-9-23(15-25(18)32)36-31-37(24-10-7-19(2)26(33)16-24)30(38)29(40-31)14-20-8-11-28(27(34)13-20)39-17-21-4-3-5-22(35)12-21/h3-16H,17H2,1-2H3/b29-14+,36-31?. The summed E-state index contributed by atoms with van der Waals surface area (Å²) in [6.07, 6.45) is 1.75. The van der Waals surface area contributed by atoms with Crippen LogP contribution in [0.5, 0.6) is 5.75 Å². The van der Waals surface area contributed by atoms with Gasteiger partial charge in [-0.05, 0) is 102 Å². The van der Waals surface area contributed by atoms with Gasteiger partial charge in [0.1, 0.15) is 18.2 Å². The smallest absolute Gasteiger partial charge is 0.271 e. The van der Waals surface area contributed by atoms with Gasteiger partial charge in [0, 0.05) is 10.0 Å². The van der Waals surface area contributed by atoms with E-state index < -0.39 is 0 Å². The van der Waals surface area contributed by atoms with E-state index in [9.17, 15) is 9.18 Å². The molecule has 0 radical (unpaired) electrons. The summed E-state index contributed by atoms with van der Waals surface area (Å²) in [5, 5.41) is 1.97.